The topological polar surface area (TPSA) is 63.2 Å². The number of sulfone groups is 1. The molecule has 1 aliphatic rings. The maximum Gasteiger partial charge on any atom is 0.251 e. The first-order valence-corrected chi connectivity index (χ1v) is 11.5. The Kier molecular flexibility index (Phi) is 5.99. The van der Waals surface area contributed by atoms with E-state index in [1.165, 1.54) is 0 Å². The van der Waals surface area contributed by atoms with Crippen molar-refractivity contribution in [1.29, 1.82) is 0 Å². The molecule has 4 nitrogen and oxygen atoms in total. The Morgan fingerprint density at radius 3 is 2.28 bits per heavy atom. The molecule has 5 heteroatoms. The number of rotatable bonds is 5. The number of aryl methyl sites for hydroxylation is 1. The second kappa shape index (κ2) is 8.15. The van der Waals surface area contributed by atoms with Gasteiger partial charge in [-0.15, -0.1) is 0 Å². The summed E-state index contributed by atoms with van der Waals surface area (Å²) >= 11 is 0. The van der Waals surface area contributed by atoms with Gasteiger partial charge < -0.3 is 5.32 Å². The van der Waals surface area contributed by atoms with Crippen molar-refractivity contribution < 1.29 is 13.2 Å². The highest BCUT2D eigenvalue weighted by atomic mass is 32.2. The van der Waals surface area contributed by atoms with Crippen molar-refractivity contribution in [3.63, 3.8) is 0 Å². The molecule has 2 atom stereocenters. The van der Waals surface area contributed by atoms with Crippen LogP contribution < -0.4 is 5.32 Å². The first-order chi connectivity index (χ1) is 13.6. The van der Waals surface area contributed by atoms with Gasteiger partial charge in [-0.05, 0) is 55.4 Å². The summed E-state index contributed by atoms with van der Waals surface area (Å²) in [6.07, 6.45) is 2.10. The van der Waals surface area contributed by atoms with E-state index >= 15 is 0 Å². The zero-order valence-electron chi connectivity index (χ0n) is 17.3. The quantitative estimate of drug-likeness (QED) is 0.691. The lowest BCUT2D eigenvalue weighted by Gasteiger charge is -2.45. The van der Waals surface area contributed by atoms with Gasteiger partial charge in [0.25, 0.3) is 5.91 Å². The average molecular weight is 412 g/mol. The lowest BCUT2D eigenvalue weighted by Crippen LogP contribution is -2.46. The number of hydrogen-bond acceptors (Lipinski definition) is 3. The molecule has 1 saturated carbocycles. The van der Waals surface area contributed by atoms with Crippen LogP contribution in [0.15, 0.2) is 71.6 Å². The van der Waals surface area contributed by atoms with E-state index in [1.54, 1.807) is 12.1 Å². The molecule has 3 rings (SSSR count). The minimum atomic E-state index is -3.51. The summed E-state index contributed by atoms with van der Waals surface area (Å²) in [5.41, 5.74) is 1.57. The van der Waals surface area contributed by atoms with Crippen molar-refractivity contribution in [3.05, 3.63) is 72.3 Å². The third kappa shape index (κ3) is 4.30. The largest absolute Gasteiger partial charge is 0.322 e. The van der Waals surface area contributed by atoms with Gasteiger partial charge in [-0.1, -0.05) is 62.7 Å². The van der Waals surface area contributed by atoms with Crippen molar-refractivity contribution in [2.24, 2.45) is 11.3 Å². The number of hydrogen-bond donors (Lipinski definition) is 1. The fourth-order valence-electron chi connectivity index (χ4n) is 4.44. The van der Waals surface area contributed by atoms with Gasteiger partial charge in [-0.25, -0.2) is 8.42 Å². The molecular weight excluding hydrogens is 382 g/mol. The Morgan fingerprint density at radius 2 is 1.66 bits per heavy atom. The van der Waals surface area contributed by atoms with Crippen molar-refractivity contribution in [2.45, 2.75) is 50.2 Å². The highest BCUT2D eigenvalue weighted by Crippen LogP contribution is 2.48. The molecule has 2 unspecified atom stereocenters. The molecule has 0 bridgehead atoms. The van der Waals surface area contributed by atoms with E-state index in [1.807, 2.05) is 63.2 Å². The minimum absolute atomic E-state index is 0.204. The Bertz CT molecular complexity index is 992. The van der Waals surface area contributed by atoms with E-state index in [9.17, 15) is 13.2 Å². The molecule has 0 aromatic heterocycles. The maximum atomic E-state index is 13.4. The average Bonchev–Trinajstić information content (AvgIpc) is 2.68. The number of para-hydroxylation sites is 1. The van der Waals surface area contributed by atoms with E-state index in [4.69, 9.17) is 0 Å². The number of carbonyl (C=O) groups is 1. The zero-order chi connectivity index (χ0) is 21.2. The van der Waals surface area contributed by atoms with Crippen molar-refractivity contribution >= 4 is 21.4 Å². The van der Waals surface area contributed by atoms with Crippen LogP contribution in [0.1, 0.15) is 38.7 Å². The molecular formula is C24H29NO3S. The van der Waals surface area contributed by atoms with Crippen LogP contribution >= 0.6 is 0 Å². The predicted octanol–water partition coefficient (Wildman–Crippen LogP) is 5.16. The van der Waals surface area contributed by atoms with Gasteiger partial charge in [0.1, 0.15) is 0 Å². The van der Waals surface area contributed by atoms with Crippen LogP contribution in [0.25, 0.3) is 0 Å². The fraction of sp³-hybridized carbons (Fsp3) is 0.375. The van der Waals surface area contributed by atoms with Crippen LogP contribution in [0.5, 0.6) is 0 Å². The first kappa shape index (κ1) is 21.3. The molecule has 0 spiro atoms. The summed E-state index contributed by atoms with van der Waals surface area (Å²) in [5, 5.41) is 2.32. The van der Waals surface area contributed by atoms with Gasteiger partial charge in [0, 0.05) is 11.3 Å². The molecule has 2 aromatic carbocycles. The predicted molar refractivity (Wildman–Crippen MR) is 117 cm³/mol. The lowest BCUT2D eigenvalue weighted by molar-refractivity contribution is -0.114. The smallest absolute Gasteiger partial charge is 0.251 e. The summed E-state index contributed by atoms with van der Waals surface area (Å²) < 4.78 is 26.8. The van der Waals surface area contributed by atoms with Gasteiger partial charge in [0.05, 0.1) is 10.1 Å². The number of anilines is 1. The van der Waals surface area contributed by atoms with E-state index in [0.717, 1.165) is 18.4 Å². The van der Waals surface area contributed by atoms with Gasteiger partial charge in [-0.3, -0.25) is 4.79 Å². The number of nitrogens with one attached hydrogen (secondary N) is 1. The molecule has 1 amide bonds. The van der Waals surface area contributed by atoms with Crippen molar-refractivity contribution in [2.75, 3.05) is 5.32 Å². The summed E-state index contributed by atoms with van der Waals surface area (Å²) in [4.78, 5) is 13.2. The second-order valence-electron chi connectivity index (χ2n) is 8.50. The van der Waals surface area contributed by atoms with Gasteiger partial charge in [-0.2, -0.15) is 0 Å². The molecule has 0 heterocycles. The minimum Gasteiger partial charge on any atom is -0.322 e. The van der Waals surface area contributed by atoms with Gasteiger partial charge >= 0.3 is 0 Å². The summed E-state index contributed by atoms with van der Waals surface area (Å²) in [6, 6.07) is 16.3. The molecule has 1 N–H and O–H groups in total. The first-order valence-electron chi connectivity index (χ1n) is 10.00. The van der Waals surface area contributed by atoms with Gasteiger partial charge in [0.2, 0.25) is 0 Å². The number of carbonyl (C=O) groups excluding carboxylic acids is 1. The van der Waals surface area contributed by atoms with E-state index in [-0.39, 0.29) is 11.8 Å². The standard InChI is InChI=1S/C24H29NO3S/c1-17-13-15-20(16-14-17)29(27,28)22-12-8-11-21(24(22,3)4)18(2)23(26)25-19-9-6-5-7-10-19/h5-7,9-10,13-16,21-22H,2,8,11-12H2,1,3-4H3,(H,25,26). The van der Waals surface area contributed by atoms with Crippen LogP contribution in [-0.2, 0) is 14.6 Å². The normalized spacial score (nSPS) is 21.3. The van der Waals surface area contributed by atoms with Crippen LogP contribution in [-0.4, -0.2) is 19.6 Å². The van der Waals surface area contributed by atoms with Crippen LogP contribution in [0.3, 0.4) is 0 Å². The molecule has 29 heavy (non-hydrogen) atoms. The summed E-state index contributed by atoms with van der Waals surface area (Å²) in [6.45, 7) is 9.91. The molecule has 154 valence electrons. The monoisotopic (exact) mass is 411 g/mol. The SMILES string of the molecule is C=C(C(=O)Nc1ccccc1)C1CCCC(S(=O)(=O)c2ccc(C)cc2)C1(C)C. The fourth-order valence-corrected chi connectivity index (χ4v) is 6.72. The summed E-state index contributed by atoms with van der Waals surface area (Å²) in [7, 11) is -3.51. The Labute approximate surface area is 174 Å². The molecule has 0 aliphatic heterocycles. The van der Waals surface area contributed by atoms with E-state index < -0.39 is 20.5 Å². The van der Waals surface area contributed by atoms with Crippen LogP contribution in [0.2, 0.25) is 0 Å². The van der Waals surface area contributed by atoms with E-state index in [2.05, 4.69) is 11.9 Å². The third-order valence-corrected chi connectivity index (χ3v) is 8.68. The lowest BCUT2D eigenvalue weighted by atomic mass is 9.65. The number of benzene rings is 2. The Morgan fingerprint density at radius 1 is 1.03 bits per heavy atom. The molecule has 0 saturated heterocycles. The zero-order valence-corrected chi connectivity index (χ0v) is 18.1. The summed E-state index contributed by atoms with van der Waals surface area (Å²) in [5.74, 6) is -0.451. The Balaban J connectivity index is 1.85. The van der Waals surface area contributed by atoms with E-state index in [0.29, 0.717) is 22.6 Å². The van der Waals surface area contributed by atoms with Crippen molar-refractivity contribution in [3.8, 4) is 0 Å². The third-order valence-electron chi connectivity index (χ3n) is 6.16. The van der Waals surface area contributed by atoms with Crippen LogP contribution in [0.4, 0.5) is 5.69 Å². The van der Waals surface area contributed by atoms with Gasteiger partial charge in [0.15, 0.2) is 9.84 Å². The molecule has 1 aliphatic carbocycles. The van der Waals surface area contributed by atoms with Crippen LogP contribution in [0, 0.1) is 18.3 Å². The number of amides is 1. The molecule has 1 fully saturated rings. The molecule has 2 aromatic rings. The maximum absolute atomic E-state index is 13.4. The molecule has 0 radical (unpaired) electrons. The Hall–Kier alpha value is -2.40. The second-order valence-corrected chi connectivity index (χ2v) is 10.6. The highest BCUT2D eigenvalue weighted by Gasteiger charge is 2.48. The van der Waals surface area contributed by atoms with Crippen molar-refractivity contribution in [1.82, 2.24) is 0 Å². The highest BCUT2D eigenvalue weighted by molar-refractivity contribution is 7.92.